The van der Waals surface area contributed by atoms with E-state index in [-0.39, 0.29) is 6.54 Å². The van der Waals surface area contributed by atoms with Crippen molar-refractivity contribution in [2.75, 3.05) is 0 Å². The smallest absolute Gasteiger partial charge is 0.358 e. The number of hydrogen-bond acceptors (Lipinski definition) is 4. The van der Waals surface area contributed by atoms with Crippen molar-refractivity contribution < 1.29 is 22.9 Å². The Kier molecular flexibility index (Phi) is 3.81. The van der Waals surface area contributed by atoms with E-state index in [0.29, 0.717) is 0 Å². The van der Waals surface area contributed by atoms with Gasteiger partial charge in [-0.15, -0.1) is 0 Å². The number of carbonyl (C=O) groups excluding carboxylic acids is 1. The summed E-state index contributed by atoms with van der Waals surface area (Å²) in [6.45, 7) is -0.350. The summed E-state index contributed by atoms with van der Waals surface area (Å²) in [5, 5.41) is 10.3. The first-order chi connectivity index (χ1) is 7.78. The van der Waals surface area contributed by atoms with Gasteiger partial charge >= 0.3 is 12.0 Å². The van der Waals surface area contributed by atoms with Gasteiger partial charge in [0, 0.05) is 6.42 Å². The summed E-state index contributed by atoms with van der Waals surface area (Å²) >= 11 is 0. The van der Waals surface area contributed by atoms with E-state index < -0.39 is 35.5 Å². The predicted molar refractivity (Wildman–Crippen MR) is 49.2 cm³/mol. The second-order valence-electron chi connectivity index (χ2n) is 3.32. The van der Waals surface area contributed by atoms with Crippen LogP contribution in [-0.4, -0.2) is 26.4 Å². The van der Waals surface area contributed by atoms with Gasteiger partial charge in [-0.1, -0.05) is 0 Å². The highest BCUT2D eigenvalue weighted by Crippen LogP contribution is 2.21. The summed E-state index contributed by atoms with van der Waals surface area (Å²) < 4.78 is 36.5. The van der Waals surface area contributed by atoms with Gasteiger partial charge in [0.25, 0.3) is 0 Å². The third kappa shape index (κ3) is 4.62. The number of hydrogen-bond donors (Lipinski definition) is 0. The van der Waals surface area contributed by atoms with E-state index >= 15 is 0 Å². The maximum Gasteiger partial charge on any atom is 0.389 e. The quantitative estimate of drug-likeness (QED) is 0.588. The van der Waals surface area contributed by atoms with Crippen molar-refractivity contribution >= 4 is 11.6 Å². The lowest BCUT2D eigenvalue weighted by Gasteiger charge is -2.04. The van der Waals surface area contributed by atoms with Crippen molar-refractivity contribution in [2.24, 2.45) is 0 Å². The third-order valence-corrected chi connectivity index (χ3v) is 1.85. The maximum absolute atomic E-state index is 11.8. The molecule has 0 aliphatic heterocycles. The van der Waals surface area contributed by atoms with Crippen molar-refractivity contribution in [1.29, 1.82) is 0 Å². The van der Waals surface area contributed by atoms with E-state index in [9.17, 15) is 28.1 Å². The standard InChI is InChI=1S/C8H8F3N3O3/c9-8(10,11)2-1-6(15)3-13-4-7(12-5-13)14(16)17/h4-5H,1-3H2/i9-1. The van der Waals surface area contributed by atoms with Gasteiger partial charge in [0.1, 0.15) is 6.20 Å². The second kappa shape index (κ2) is 4.93. The Balaban J connectivity index is 2.48. The van der Waals surface area contributed by atoms with Crippen LogP contribution in [0, 0.1) is 10.1 Å². The van der Waals surface area contributed by atoms with Gasteiger partial charge in [0.2, 0.25) is 6.33 Å². The molecular formula is C8H8F3N3O3. The molecule has 0 spiro atoms. The minimum atomic E-state index is -4.38. The van der Waals surface area contributed by atoms with Crippen LogP contribution in [0.4, 0.5) is 19.0 Å². The van der Waals surface area contributed by atoms with Gasteiger partial charge in [-0.05, 0) is 9.91 Å². The summed E-state index contributed by atoms with van der Waals surface area (Å²) in [5.41, 5.74) is 0. The average Bonchev–Trinajstić information content (AvgIpc) is 2.62. The van der Waals surface area contributed by atoms with Crippen LogP contribution < -0.4 is 0 Å². The lowest BCUT2D eigenvalue weighted by atomic mass is 10.2. The Hall–Kier alpha value is -1.93. The van der Waals surface area contributed by atoms with E-state index in [2.05, 4.69) is 4.98 Å². The number of imidazole rings is 1. The maximum atomic E-state index is 11.8. The number of nitrogens with zero attached hydrogens (tertiary/aromatic N) is 3. The summed E-state index contributed by atoms with van der Waals surface area (Å²) in [6, 6.07) is 0. The van der Waals surface area contributed by atoms with Crippen molar-refractivity contribution in [3.63, 3.8) is 0 Å². The van der Waals surface area contributed by atoms with Crippen LogP contribution in [0.5, 0.6) is 0 Å². The molecule has 0 radical (unpaired) electrons. The zero-order valence-electron chi connectivity index (χ0n) is 8.48. The normalized spacial score (nSPS) is 11.5. The van der Waals surface area contributed by atoms with Gasteiger partial charge in [-0.25, -0.2) is 0 Å². The zero-order valence-corrected chi connectivity index (χ0v) is 8.48. The highest BCUT2D eigenvalue weighted by molar-refractivity contribution is 5.78. The summed E-state index contributed by atoms with van der Waals surface area (Å²) in [5.74, 6) is -1.11. The number of Topliss-reactive ketones (excluding diaryl/α,β-unsaturated/α-hetero) is 1. The molecule has 0 saturated carbocycles. The van der Waals surface area contributed by atoms with Crippen LogP contribution >= 0.6 is 0 Å². The van der Waals surface area contributed by atoms with Crippen LogP contribution in [0.15, 0.2) is 12.5 Å². The van der Waals surface area contributed by atoms with Crippen LogP contribution in [0.2, 0.25) is 0 Å². The Bertz CT molecular complexity index is 427. The summed E-state index contributed by atoms with van der Waals surface area (Å²) in [6.07, 6.45) is -4.19. The van der Waals surface area contributed by atoms with Crippen LogP contribution in [0.1, 0.15) is 12.8 Å². The zero-order chi connectivity index (χ0) is 13.1. The highest BCUT2D eigenvalue weighted by atomic mass is 19.3. The van der Waals surface area contributed by atoms with Crippen LogP contribution in [-0.2, 0) is 11.3 Å². The predicted octanol–water partition coefficient (Wildman–Crippen LogP) is 1.70. The van der Waals surface area contributed by atoms with Gasteiger partial charge < -0.3 is 14.7 Å². The molecular weight excluding hydrogens is 242 g/mol. The van der Waals surface area contributed by atoms with E-state index in [0.717, 1.165) is 17.1 Å². The van der Waals surface area contributed by atoms with Gasteiger partial charge in [0.15, 0.2) is 5.78 Å². The average molecular weight is 250 g/mol. The molecule has 17 heavy (non-hydrogen) atoms. The van der Waals surface area contributed by atoms with E-state index in [4.69, 9.17) is 0 Å². The first-order valence-corrected chi connectivity index (χ1v) is 4.52. The number of ketones is 1. The molecule has 94 valence electrons. The van der Waals surface area contributed by atoms with E-state index in [1.807, 2.05) is 0 Å². The number of halogens is 3. The molecule has 6 nitrogen and oxygen atoms in total. The molecule has 0 aliphatic rings. The molecule has 0 aromatic carbocycles. The lowest BCUT2D eigenvalue weighted by Crippen LogP contribution is -2.14. The highest BCUT2D eigenvalue weighted by Gasteiger charge is 2.27. The first kappa shape index (κ1) is 13.1. The number of aromatic nitrogens is 2. The molecule has 0 bridgehead atoms. The minimum absolute atomic E-state index is 0.350. The fourth-order valence-electron chi connectivity index (χ4n) is 1.09. The topological polar surface area (TPSA) is 78.0 Å². The monoisotopic (exact) mass is 250 g/mol. The number of carbonyl (C=O) groups is 1. The largest absolute Gasteiger partial charge is 0.389 e. The Morgan fingerprint density at radius 1 is 1.53 bits per heavy atom. The second-order valence-corrected chi connectivity index (χ2v) is 3.32. The Morgan fingerprint density at radius 3 is 2.65 bits per heavy atom. The van der Waals surface area contributed by atoms with Crippen molar-refractivity contribution in [3.05, 3.63) is 22.6 Å². The molecule has 1 heterocycles. The Labute approximate surface area is 93.2 Å². The van der Waals surface area contributed by atoms with Gasteiger partial charge in [0.05, 0.1) is 13.0 Å². The number of alkyl halides is 3. The fraction of sp³-hybridized carbons (Fsp3) is 0.500. The summed E-state index contributed by atoms with van der Waals surface area (Å²) in [7, 11) is 0. The minimum Gasteiger partial charge on any atom is -0.358 e. The number of rotatable bonds is 5. The summed E-state index contributed by atoms with van der Waals surface area (Å²) in [4.78, 5) is 24.0. The van der Waals surface area contributed by atoms with Crippen molar-refractivity contribution in [3.8, 4) is 0 Å². The van der Waals surface area contributed by atoms with Crippen molar-refractivity contribution in [2.45, 2.75) is 25.6 Å². The van der Waals surface area contributed by atoms with Gasteiger partial charge in [-0.3, -0.25) is 4.79 Å². The molecule has 0 fully saturated rings. The van der Waals surface area contributed by atoms with Crippen molar-refractivity contribution in [1.82, 2.24) is 9.55 Å². The molecule has 0 saturated heterocycles. The molecule has 9 heteroatoms. The van der Waals surface area contributed by atoms with E-state index in [1.54, 1.807) is 0 Å². The van der Waals surface area contributed by atoms with Gasteiger partial charge in [-0.2, -0.15) is 13.2 Å². The first-order valence-electron chi connectivity index (χ1n) is 4.52. The molecule has 0 N–H and O–H groups in total. The molecule has 0 atom stereocenters. The van der Waals surface area contributed by atoms with Crippen LogP contribution in [0.3, 0.4) is 0 Å². The van der Waals surface area contributed by atoms with Crippen LogP contribution in [0.25, 0.3) is 0 Å². The molecule has 0 aliphatic carbocycles. The molecule has 1 rings (SSSR count). The third-order valence-electron chi connectivity index (χ3n) is 1.85. The lowest BCUT2D eigenvalue weighted by molar-refractivity contribution is -0.389. The van der Waals surface area contributed by atoms with E-state index in [1.165, 1.54) is 0 Å². The molecule has 1 aromatic heterocycles. The number of nitro groups is 1. The molecule has 0 unspecified atom stereocenters. The SMILES string of the molecule is O=C(CCC(F)(F)[18F])Cn1cnc([N+](=O)[O-])c1. The Morgan fingerprint density at radius 2 is 2.18 bits per heavy atom. The molecule has 1 aromatic rings. The fourth-order valence-corrected chi connectivity index (χ4v) is 1.09. The molecule has 0 amide bonds.